The number of nitrogens with zero attached hydrogens (tertiary/aromatic N) is 5. The van der Waals surface area contributed by atoms with Crippen molar-refractivity contribution in [3.05, 3.63) is 15.6 Å². The second-order valence-corrected chi connectivity index (χ2v) is 9.79. The van der Waals surface area contributed by atoms with Gasteiger partial charge in [0.25, 0.3) is 16.1 Å². The summed E-state index contributed by atoms with van der Waals surface area (Å²) in [6.45, 7) is 7.97. The van der Waals surface area contributed by atoms with Crippen molar-refractivity contribution in [2.75, 3.05) is 59.4 Å². The Morgan fingerprint density at radius 2 is 1.58 bits per heavy atom. The van der Waals surface area contributed by atoms with Crippen LogP contribution in [0.5, 0.6) is 0 Å². The van der Waals surface area contributed by atoms with E-state index in [9.17, 15) is 13.2 Å². The van der Waals surface area contributed by atoms with Gasteiger partial charge in [-0.25, -0.2) is 4.98 Å². The van der Waals surface area contributed by atoms with Gasteiger partial charge in [0.2, 0.25) is 0 Å². The average Bonchev–Trinajstić information content (AvgIpc) is 3.02. The lowest BCUT2D eigenvalue weighted by Crippen LogP contribution is -2.57. The second kappa shape index (κ2) is 7.89. The summed E-state index contributed by atoms with van der Waals surface area (Å²) in [5, 5.41) is 0.960. The van der Waals surface area contributed by atoms with E-state index in [1.807, 2.05) is 20.9 Å². The van der Waals surface area contributed by atoms with Crippen LogP contribution in [-0.4, -0.2) is 97.1 Å². The highest BCUT2D eigenvalue weighted by Gasteiger charge is 2.35. The lowest BCUT2D eigenvalue weighted by atomic mass is 10.3. The van der Waals surface area contributed by atoms with E-state index in [1.54, 1.807) is 9.21 Å². The molecule has 0 aromatic carbocycles. The lowest BCUT2D eigenvalue weighted by molar-refractivity contribution is 0.0696. The number of hydrogen-bond donors (Lipinski definition) is 0. The first-order valence-corrected chi connectivity index (χ1v) is 11.2. The van der Waals surface area contributed by atoms with Gasteiger partial charge in [0.05, 0.1) is 10.7 Å². The molecule has 0 unspecified atom stereocenters. The van der Waals surface area contributed by atoms with Crippen LogP contribution in [0.25, 0.3) is 0 Å². The Balaban J connectivity index is 1.61. The molecule has 0 spiro atoms. The third kappa shape index (κ3) is 3.94. The van der Waals surface area contributed by atoms with Crippen molar-refractivity contribution in [2.45, 2.75) is 20.3 Å². The topological polar surface area (TPSA) is 77.1 Å². The number of amides is 1. The molecule has 0 N–H and O–H groups in total. The fraction of sp³-hybridized carbons (Fsp3) is 0.750. The van der Waals surface area contributed by atoms with Crippen molar-refractivity contribution in [3.63, 3.8) is 0 Å². The van der Waals surface area contributed by atoms with Crippen molar-refractivity contribution in [2.24, 2.45) is 0 Å². The van der Waals surface area contributed by atoms with Crippen LogP contribution in [0.3, 0.4) is 0 Å². The zero-order valence-corrected chi connectivity index (χ0v) is 17.3. The first-order valence-electron chi connectivity index (χ1n) is 9.02. The van der Waals surface area contributed by atoms with E-state index in [2.05, 4.69) is 9.88 Å². The molecule has 0 atom stereocenters. The molecule has 8 nitrogen and oxygen atoms in total. The highest BCUT2D eigenvalue weighted by atomic mass is 32.2. The minimum atomic E-state index is -3.44. The first-order chi connectivity index (χ1) is 12.3. The highest BCUT2D eigenvalue weighted by molar-refractivity contribution is 7.86. The number of carbonyl (C=O) groups is 1. The fourth-order valence-corrected chi connectivity index (χ4v) is 5.80. The number of aromatic nitrogens is 1. The van der Waals surface area contributed by atoms with Gasteiger partial charge in [-0.3, -0.25) is 4.79 Å². The molecule has 3 heterocycles. The van der Waals surface area contributed by atoms with Crippen molar-refractivity contribution < 1.29 is 13.2 Å². The maximum absolute atomic E-state index is 12.8. The maximum atomic E-state index is 12.8. The third-order valence-electron chi connectivity index (χ3n) is 4.98. The molecular weight excluding hydrogens is 374 g/mol. The van der Waals surface area contributed by atoms with Gasteiger partial charge < -0.3 is 9.80 Å². The molecule has 0 bridgehead atoms. The molecular formula is C16H27N5O3S2. The molecule has 26 heavy (non-hydrogen) atoms. The largest absolute Gasteiger partial charge is 0.335 e. The van der Waals surface area contributed by atoms with Crippen molar-refractivity contribution in [1.29, 1.82) is 0 Å². The first kappa shape index (κ1) is 19.7. The molecule has 146 valence electrons. The van der Waals surface area contributed by atoms with Gasteiger partial charge in [-0.05, 0) is 20.4 Å². The number of carbonyl (C=O) groups excluding carboxylic acids is 1. The molecule has 1 aromatic rings. The summed E-state index contributed by atoms with van der Waals surface area (Å²) in [5.41, 5.74) is 0.768. The van der Waals surface area contributed by atoms with Gasteiger partial charge in [0.15, 0.2) is 0 Å². The molecule has 1 amide bonds. The van der Waals surface area contributed by atoms with E-state index in [0.29, 0.717) is 44.1 Å². The number of piperazine rings is 2. The molecule has 3 rings (SSSR count). The van der Waals surface area contributed by atoms with E-state index in [0.717, 1.165) is 30.2 Å². The van der Waals surface area contributed by atoms with E-state index in [1.165, 1.54) is 15.6 Å². The molecule has 0 saturated carbocycles. The summed E-state index contributed by atoms with van der Waals surface area (Å²) in [7, 11) is -1.44. The van der Waals surface area contributed by atoms with Crippen LogP contribution in [0, 0.1) is 6.92 Å². The monoisotopic (exact) mass is 401 g/mol. The standard InChI is InChI=1S/C16H27N5O3S2/c1-4-14-17-13(2)15(25-14)16(22)19-7-11-21(12-8-19)26(23,24)20-9-5-18(3)6-10-20/h4-12H2,1-3H3. The Morgan fingerprint density at radius 1 is 1.04 bits per heavy atom. The number of aryl methyl sites for hydroxylation is 2. The molecule has 2 fully saturated rings. The number of hydrogen-bond acceptors (Lipinski definition) is 6. The molecule has 0 aliphatic carbocycles. The predicted molar refractivity (Wildman–Crippen MR) is 102 cm³/mol. The third-order valence-corrected chi connectivity index (χ3v) is 8.30. The highest BCUT2D eigenvalue weighted by Crippen LogP contribution is 2.22. The lowest BCUT2D eigenvalue weighted by Gasteiger charge is -2.39. The smallest absolute Gasteiger partial charge is 0.282 e. The number of likely N-dealkylation sites (N-methyl/N-ethyl adjacent to an activating group) is 1. The molecule has 2 aliphatic rings. The van der Waals surface area contributed by atoms with Crippen LogP contribution in [0.15, 0.2) is 0 Å². The Morgan fingerprint density at radius 3 is 2.08 bits per heavy atom. The fourth-order valence-electron chi connectivity index (χ4n) is 3.25. The van der Waals surface area contributed by atoms with Crippen LogP contribution < -0.4 is 0 Å². The summed E-state index contributed by atoms with van der Waals surface area (Å²) < 4.78 is 28.7. The van der Waals surface area contributed by atoms with Gasteiger partial charge in [0, 0.05) is 52.4 Å². The van der Waals surface area contributed by atoms with Gasteiger partial charge in [-0.15, -0.1) is 11.3 Å². The number of thiazole rings is 1. The Bertz CT molecular complexity index is 748. The van der Waals surface area contributed by atoms with Crippen LogP contribution in [0.1, 0.15) is 27.3 Å². The second-order valence-electron chi connectivity index (χ2n) is 6.78. The zero-order chi connectivity index (χ0) is 18.9. The van der Waals surface area contributed by atoms with Gasteiger partial charge >= 0.3 is 0 Å². The molecule has 0 radical (unpaired) electrons. The quantitative estimate of drug-likeness (QED) is 0.724. The normalized spacial score (nSPS) is 21.3. The minimum Gasteiger partial charge on any atom is -0.335 e. The Labute approximate surface area is 159 Å². The summed E-state index contributed by atoms with van der Waals surface area (Å²) in [6, 6.07) is 0. The van der Waals surface area contributed by atoms with Crippen LogP contribution >= 0.6 is 11.3 Å². The summed E-state index contributed by atoms with van der Waals surface area (Å²) >= 11 is 1.44. The number of rotatable bonds is 4. The summed E-state index contributed by atoms with van der Waals surface area (Å²) in [5.74, 6) is -0.0312. The van der Waals surface area contributed by atoms with Gasteiger partial charge in [0.1, 0.15) is 4.88 Å². The molecule has 1 aromatic heterocycles. The minimum absolute atomic E-state index is 0.0312. The van der Waals surface area contributed by atoms with Crippen molar-refractivity contribution >= 4 is 27.5 Å². The van der Waals surface area contributed by atoms with Gasteiger partial charge in [-0.1, -0.05) is 6.92 Å². The molecule has 2 aliphatic heterocycles. The van der Waals surface area contributed by atoms with E-state index in [4.69, 9.17) is 0 Å². The van der Waals surface area contributed by atoms with Crippen LogP contribution in [-0.2, 0) is 16.6 Å². The van der Waals surface area contributed by atoms with Crippen molar-refractivity contribution in [3.8, 4) is 0 Å². The van der Waals surface area contributed by atoms with E-state index in [-0.39, 0.29) is 5.91 Å². The van der Waals surface area contributed by atoms with E-state index >= 15 is 0 Å². The Kier molecular flexibility index (Phi) is 5.97. The zero-order valence-electron chi connectivity index (χ0n) is 15.6. The van der Waals surface area contributed by atoms with E-state index < -0.39 is 10.2 Å². The predicted octanol–water partition coefficient (Wildman–Crippen LogP) is 0.264. The molecule has 10 heteroatoms. The summed E-state index contributed by atoms with van der Waals surface area (Å²) in [4.78, 5) is 21.7. The van der Waals surface area contributed by atoms with Crippen molar-refractivity contribution in [1.82, 2.24) is 23.4 Å². The Hall–Kier alpha value is -1.07. The van der Waals surface area contributed by atoms with Crippen LogP contribution in [0.4, 0.5) is 0 Å². The molecule has 2 saturated heterocycles. The summed E-state index contributed by atoms with van der Waals surface area (Å²) in [6.07, 6.45) is 0.815. The SMILES string of the molecule is CCc1nc(C)c(C(=O)N2CCN(S(=O)(=O)N3CCN(C)CC3)CC2)s1. The van der Waals surface area contributed by atoms with Crippen LogP contribution in [0.2, 0.25) is 0 Å². The average molecular weight is 402 g/mol. The van der Waals surface area contributed by atoms with Gasteiger partial charge in [-0.2, -0.15) is 17.0 Å². The maximum Gasteiger partial charge on any atom is 0.282 e.